The van der Waals surface area contributed by atoms with Gasteiger partial charge in [-0.1, -0.05) is 71.8 Å². The van der Waals surface area contributed by atoms with Gasteiger partial charge in [0.15, 0.2) is 0 Å². The lowest BCUT2D eigenvalue weighted by Gasteiger charge is -2.36. The van der Waals surface area contributed by atoms with Crippen molar-refractivity contribution in [3.05, 3.63) is 12.2 Å². The van der Waals surface area contributed by atoms with Crippen LogP contribution in [0.1, 0.15) is 110 Å². The maximum Gasteiger partial charge on any atom is 0.333 e. The minimum Gasteiger partial charge on any atom is -0.456 e. The van der Waals surface area contributed by atoms with Crippen LogP contribution in [0.15, 0.2) is 12.2 Å². The van der Waals surface area contributed by atoms with Gasteiger partial charge in [0.2, 0.25) is 0 Å². The molecule has 0 aromatic heterocycles. The number of carbonyl (C=O) groups is 1. The van der Waals surface area contributed by atoms with Crippen LogP contribution < -0.4 is 0 Å². The van der Waals surface area contributed by atoms with Crippen LogP contribution in [0.2, 0.25) is 0 Å². The normalized spacial score (nSPS) is 17.0. The Kier molecular flexibility index (Phi) is 10.3. The third-order valence-corrected chi connectivity index (χ3v) is 5.34. The van der Waals surface area contributed by atoms with Crippen molar-refractivity contribution in [1.82, 2.24) is 0 Å². The molecule has 0 bridgehead atoms. The first-order valence-electron chi connectivity index (χ1n) is 10.0. The van der Waals surface area contributed by atoms with Crippen molar-refractivity contribution in [2.45, 2.75) is 116 Å². The average molecular weight is 323 g/mol. The second-order valence-corrected chi connectivity index (χ2v) is 7.32. The molecule has 0 unspecified atom stereocenters. The molecule has 0 saturated heterocycles. The monoisotopic (exact) mass is 322 g/mol. The van der Waals surface area contributed by atoms with Gasteiger partial charge >= 0.3 is 5.97 Å². The molecule has 2 heteroatoms. The van der Waals surface area contributed by atoms with Crippen molar-refractivity contribution >= 4 is 5.97 Å². The fraction of sp³-hybridized carbons (Fsp3) is 0.857. The maximum atomic E-state index is 12.3. The molecule has 134 valence electrons. The summed E-state index contributed by atoms with van der Waals surface area (Å²) in [6.07, 6.45) is 17.7. The van der Waals surface area contributed by atoms with E-state index in [1.807, 2.05) is 0 Å². The molecule has 0 radical (unpaired) electrons. The van der Waals surface area contributed by atoms with Crippen molar-refractivity contribution in [2.24, 2.45) is 0 Å². The van der Waals surface area contributed by atoms with E-state index in [1.165, 1.54) is 64.2 Å². The standard InChI is InChI=1S/C21H38O2/c1-4-6-7-8-9-10-11-13-16-19(3)20(22)23-21(5-2)17-14-12-15-18-21/h3-18H2,1-2H3. The zero-order valence-corrected chi connectivity index (χ0v) is 15.6. The van der Waals surface area contributed by atoms with Crippen molar-refractivity contribution in [2.75, 3.05) is 0 Å². The highest BCUT2D eigenvalue weighted by molar-refractivity contribution is 5.88. The van der Waals surface area contributed by atoms with E-state index >= 15 is 0 Å². The first-order chi connectivity index (χ1) is 11.1. The summed E-state index contributed by atoms with van der Waals surface area (Å²) in [5, 5.41) is 0. The molecule has 0 spiro atoms. The molecule has 1 saturated carbocycles. The van der Waals surface area contributed by atoms with Crippen LogP contribution in [0.25, 0.3) is 0 Å². The van der Waals surface area contributed by atoms with Crippen molar-refractivity contribution in [3.63, 3.8) is 0 Å². The van der Waals surface area contributed by atoms with Crippen LogP contribution in [0, 0.1) is 0 Å². The molecular weight excluding hydrogens is 284 g/mol. The Bertz CT molecular complexity index is 340. The van der Waals surface area contributed by atoms with E-state index < -0.39 is 0 Å². The van der Waals surface area contributed by atoms with Gasteiger partial charge in [0, 0.05) is 5.57 Å². The number of rotatable bonds is 12. The Morgan fingerprint density at radius 2 is 1.48 bits per heavy atom. The van der Waals surface area contributed by atoms with E-state index in [0.717, 1.165) is 32.1 Å². The van der Waals surface area contributed by atoms with Gasteiger partial charge in [0.1, 0.15) is 5.60 Å². The fourth-order valence-corrected chi connectivity index (χ4v) is 3.57. The molecular formula is C21H38O2. The molecule has 0 aromatic rings. The Morgan fingerprint density at radius 1 is 0.913 bits per heavy atom. The third kappa shape index (κ3) is 8.04. The number of ether oxygens (including phenoxy) is 1. The molecule has 1 rings (SSSR count). The lowest BCUT2D eigenvalue weighted by molar-refractivity contribution is -0.159. The van der Waals surface area contributed by atoms with Crippen molar-refractivity contribution < 1.29 is 9.53 Å². The molecule has 2 nitrogen and oxygen atoms in total. The SMILES string of the molecule is C=C(CCCCCCCCCC)C(=O)OC1(CC)CCCCC1. The Hall–Kier alpha value is -0.790. The average Bonchev–Trinajstić information content (AvgIpc) is 2.57. The molecule has 1 fully saturated rings. The highest BCUT2D eigenvalue weighted by atomic mass is 16.6. The van der Waals surface area contributed by atoms with Gasteiger partial charge in [-0.3, -0.25) is 0 Å². The van der Waals surface area contributed by atoms with Crippen LogP contribution in [0.5, 0.6) is 0 Å². The molecule has 0 aliphatic heterocycles. The molecule has 0 N–H and O–H groups in total. The Morgan fingerprint density at radius 3 is 2.04 bits per heavy atom. The molecule has 1 aliphatic rings. The minimum absolute atomic E-state index is 0.142. The van der Waals surface area contributed by atoms with Gasteiger partial charge < -0.3 is 4.74 Å². The Balaban J connectivity index is 2.15. The lowest BCUT2D eigenvalue weighted by atomic mass is 9.82. The van der Waals surface area contributed by atoms with Gasteiger partial charge in [0.05, 0.1) is 0 Å². The molecule has 0 aromatic carbocycles. The highest BCUT2D eigenvalue weighted by Crippen LogP contribution is 2.35. The summed E-state index contributed by atoms with van der Waals surface area (Å²) in [6, 6.07) is 0. The van der Waals surface area contributed by atoms with E-state index in [2.05, 4.69) is 20.4 Å². The number of unbranched alkanes of at least 4 members (excludes halogenated alkanes) is 7. The summed E-state index contributed by atoms with van der Waals surface area (Å²) >= 11 is 0. The van der Waals surface area contributed by atoms with E-state index in [-0.39, 0.29) is 11.6 Å². The number of carbonyl (C=O) groups excluding carboxylic acids is 1. The van der Waals surface area contributed by atoms with Crippen molar-refractivity contribution in [1.29, 1.82) is 0 Å². The predicted octanol–water partition coefficient (Wildman–Crippen LogP) is 6.73. The molecule has 0 heterocycles. The van der Waals surface area contributed by atoms with Crippen LogP contribution in [0.3, 0.4) is 0 Å². The molecule has 0 atom stereocenters. The summed E-state index contributed by atoms with van der Waals surface area (Å²) in [7, 11) is 0. The van der Waals surface area contributed by atoms with E-state index in [1.54, 1.807) is 0 Å². The number of esters is 1. The van der Waals surface area contributed by atoms with Gasteiger partial charge in [0.25, 0.3) is 0 Å². The second-order valence-electron chi connectivity index (χ2n) is 7.32. The Labute approximate surface area is 144 Å². The molecule has 23 heavy (non-hydrogen) atoms. The molecule has 1 aliphatic carbocycles. The largest absolute Gasteiger partial charge is 0.456 e. The lowest BCUT2D eigenvalue weighted by Crippen LogP contribution is -2.37. The van der Waals surface area contributed by atoms with Crippen molar-refractivity contribution in [3.8, 4) is 0 Å². The number of hydrogen-bond acceptors (Lipinski definition) is 2. The summed E-state index contributed by atoms with van der Waals surface area (Å²) in [5.74, 6) is -0.142. The third-order valence-electron chi connectivity index (χ3n) is 5.34. The van der Waals surface area contributed by atoms with Gasteiger partial charge in [-0.2, -0.15) is 0 Å². The molecule has 0 amide bonds. The fourth-order valence-electron chi connectivity index (χ4n) is 3.57. The summed E-state index contributed by atoms with van der Waals surface area (Å²) in [6.45, 7) is 8.36. The first-order valence-corrected chi connectivity index (χ1v) is 10.0. The summed E-state index contributed by atoms with van der Waals surface area (Å²) in [5.41, 5.74) is 0.478. The zero-order chi connectivity index (χ0) is 17.0. The first kappa shape index (κ1) is 20.3. The smallest absolute Gasteiger partial charge is 0.333 e. The van der Waals surface area contributed by atoms with Gasteiger partial charge in [-0.05, 0) is 44.9 Å². The summed E-state index contributed by atoms with van der Waals surface area (Å²) < 4.78 is 5.87. The number of hydrogen-bond donors (Lipinski definition) is 0. The minimum atomic E-state index is -0.197. The van der Waals surface area contributed by atoms with Crippen LogP contribution in [0.4, 0.5) is 0 Å². The maximum absolute atomic E-state index is 12.3. The summed E-state index contributed by atoms with van der Waals surface area (Å²) in [4.78, 5) is 12.3. The van der Waals surface area contributed by atoms with Gasteiger partial charge in [-0.25, -0.2) is 4.79 Å². The van der Waals surface area contributed by atoms with Gasteiger partial charge in [-0.15, -0.1) is 0 Å². The quantitative estimate of drug-likeness (QED) is 0.226. The predicted molar refractivity (Wildman–Crippen MR) is 98.6 cm³/mol. The van der Waals surface area contributed by atoms with E-state index in [9.17, 15) is 4.79 Å². The van der Waals surface area contributed by atoms with Crippen LogP contribution >= 0.6 is 0 Å². The van der Waals surface area contributed by atoms with E-state index in [0.29, 0.717) is 5.57 Å². The topological polar surface area (TPSA) is 26.3 Å². The zero-order valence-electron chi connectivity index (χ0n) is 15.6. The van der Waals surface area contributed by atoms with E-state index in [4.69, 9.17) is 4.74 Å². The van der Waals surface area contributed by atoms with Crippen LogP contribution in [-0.4, -0.2) is 11.6 Å². The second kappa shape index (κ2) is 11.7. The highest BCUT2D eigenvalue weighted by Gasteiger charge is 2.34. The van der Waals surface area contributed by atoms with Crippen LogP contribution in [-0.2, 0) is 9.53 Å².